The summed E-state index contributed by atoms with van der Waals surface area (Å²) in [6.07, 6.45) is 2.44. The number of nitrogens with zero attached hydrogens (tertiary/aromatic N) is 3. The van der Waals surface area contributed by atoms with E-state index < -0.39 is 0 Å². The van der Waals surface area contributed by atoms with E-state index in [1.165, 1.54) is 5.56 Å². The number of amides is 1. The molecule has 6 nitrogen and oxygen atoms in total. The molecule has 0 radical (unpaired) electrons. The van der Waals surface area contributed by atoms with Crippen LogP contribution < -0.4 is 5.32 Å². The minimum Gasteiger partial charge on any atom is -0.365 e. The van der Waals surface area contributed by atoms with Crippen LogP contribution in [-0.4, -0.2) is 41.1 Å². The maximum absolute atomic E-state index is 13.0. The first-order chi connectivity index (χ1) is 14.5. The van der Waals surface area contributed by atoms with Crippen LogP contribution in [0.2, 0.25) is 0 Å². The number of hydrogen-bond acceptors (Lipinski definition) is 6. The van der Waals surface area contributed by atoms with Crippen LogP contribution in [0.3, 0.4) is 0 Å². The molecule has 1 aliphatic rings. The summed E-state index contributed by atoms with van der Waals surface area (Å²) in [7, 11) is 1.89. The second-order valence-corrected chi connectivity index (χ2v) is 9.16. The minimum atomic E-state index is -0.184. The molecule has 0 spiro atoms. The molecule has 0 bridgehead atoms. The first-order valence-corrected chi connectivity index (χ1v) is 11.3. The largest absolute Gasteiger partial charge is 0.365 e. The van der Waals surface area contributed by atoms with Crippen LogP contribution in [0, 0.1) is 5.92 Å². The van der Waals surface area contributed by atoms with Gasteiger partial charge in [-0.25, -0.2) is 4.98 Å². The molecule has 1 N–H and O–H groups in total. The Morgan fingerprint density at radius 2 is 2.00 bits per heavy atom. The number of thiazole rings is 1. The van der Waals surface area contributed by atoms with Crippen molar-refractivity contribution in [3.8, 4) is 0 Å². The Kier molecular flexibility index (Phi) is 5.90. The number of carbonyl (C=O) groups excluding carboxylic acids is 1. The van der Waals surface area contributed by atoms with Gasteiger partial charge in [0.1, 0.15) is 5.76 Å². The molecular weight excluding hydrogens is 396 g/mol. The molecular formula is C23H28N4O2S. The number of benzene rings is 1. The fourth-order valence-electron chi connectivity index (χ4n) is 4.22. The Morgan fingerprint density at radius 3 is 2.63 bits per heavy atom. The lowest BCUT2D eigenvalue weighted by molar-refractivity contribution is 0.0673. The average Bonchev–Trinajstić information content (AvgIpc) is 3.43. The zero-order chi connectivity index (χ0) is 21.1. The highest BCUT2D eigenvalue weighted by Crippen LogP contribution is 2.42. The van der Waals surface area contributed by atoms with Gasteiger partial charge in [-0.15, -0.1) is 11.3 Å². The first kappa shape index (κ1) is 20.6. The maximum Gasteiger partial charge on any atom is 0.276 e. The number of nitrogens with one attached hydrogen (secondary N) is 1. The van der Waals surface area contributed by atoms with Gasteiger partial charge in [0, 0.05) is 43.4 Å². The SMILES string of the molecule is CNc1nc(C2(c3ccccc3)CCN(C(=O)c3cc(CC(C)C)on3)CC2)cs1. The van der Waals surface area contributed by atoms with Gasteiger partial charge in [-0.1, -0.05) is 49.3 Å². The summed E-state index contributed by atoms with van der Waals surface area (Å²) in [6, 6.07) is 12.3. The molecule has 158 valence electrons. The van der Waals surface area contributed by atoms with E-state index in [1.54, 1.807) is 17.4 Å². The van der Waals surface area contributed by atoms with Crippen LogP contribution >= 0.6 is 11.3 Å². The molecule has 4 rings (SSSR count). The van der Waals surface area contributed by atoms with E-state index >= 15 is 0 Å². The topological polar surface area (TPSA) is 71.3 Å². The summed E-state index contributed by atoms with van der Waals surface area (Å²) in [5.41, 5.74) is 2.56. The van der Waals surface area contributed by atoms with Gasteiger partial charge in [-0.05, 0) is 24.3 Å². The van der Waals surface area contributed by atoms with Gasteiger partial charge in [-0.2, -0.15) is 0 Å². The lowest BCUT2D eigenvalue weighted by atomic mass is 9.70. The van der Waals surface area contributed by atoms with E-state index in [4.69, 9.17) is 9.51 Å². The number of aromatic nitrogens is 2. The van der Waals surface area contributed by atoms with Crippen LogP contribution in [0.1, 0.15) is 54.2 Å². The summed E-state index contributed by atoms with van der Waals surface area (Å²) in [4.78, 5) is 19.7. The molecule has 1 aliphatic heterocycles. The van der Waals surface area contributed by atoms with E-state index in [1.807, 2.05) is 18.0 Å². The number of piperidine rings is 1. The third-order valence-corrected chi connectivity index (χ3v) is 6.69. The van der Waals surface area contributed by atoms with Crippen LogP contribution in [-0.2, 0) is 11.8 Å². The van der Waals surface area contributed by atoms with Crippen LogP contribution in [0.4, 0.5) is 5.13 Å². The molecule has 3 aromatic rings. The van der Waals surface area contributed by atoms with Gasteiger partial charge >= 0.3 is 0 Å². The molecule has 0 aliphatic carbocycles. The normalized spacial score (nSPS) is 16.1. The zero-order valence-corrected chi connectivity index (χ0v) is 18.5. The van der Waals surface area contributed by atoms with Gasteiger partial charge in [0.25, 0.3) is 5.91 Å². The maximum atomic E-state index is 13.0. The van der Waals surface area contributed by atoms with E-state index in [0.29, 0.717) is 24.7 Å². The van der Waals surface area contributed by atoms with Crippen molar-refractivity contribution < 1.29 is 9.32 Å². The van der Waals surface area contributed by atoms with Gasteiger partial charge in [0.05, 0.1) is 5.69 Å². The Bertz CT molecular complexity index is 988. The molecule has 1 aromatic carbocycles. The summed E-state index contributed by atoms with van der Waals surface area (Å²) in [6.45, 7) is 5.56. The minimum absolute atomic E-state index is 0.0513. The summed E-state index contributed by atoms with van der Waals surface area (Å²) in [5.74, 6) is 1.18. The Morgan fingerprint density at radius 1 is 1.27 bits per heavy atom. The summed E-state index contributed by atoms with van der Waals surface area (Å²) in [5, 5.41) is 10.2. The number of rotatable bonds is 6. The molecule has 30 heavy (non-hydrogen) atoms. The molecule has 0 saturated carbocycles. The fourth-order valence-corrected chi connectivity index (χ4v) is 4.99. The molecule has 0 unspecified atom stereocenters. The van der Waals surface area contributed by atoms with Crippen molar-refractivity contribution in [2.75, 3.05) is 25.5 Å². The smallest absolute Gasteiger partial charge is 0.276 e. The number of likely N-dealkylation sites (tertiary alicyclic amines) is 1. The first-order valence-electron chi connectivity index (χ1n) is 10.5. The average molecular weight is 425 g/mol. The second-order valence-electron chi connectivity index (χ2n) is 8.30. The standard InChI is InChI=1S/C23H28N4O2S/c1-16(2)13-18-14-19(26-29-18)21(28)27-11-9-23(10-12-27,17-7-5-4-6-8-17)20-15-30-22(24-3)25-20/h4-8,14-16H,9-13H2,1-3H3,(H,24,25). The van der Waals surface area contributed by atoms with Crippen LogP contribution in [0.25, 0.3) is 0 Å². The second kappa shape index (κ2) is 8.60. The fraction of sp³-hybridized carbons (Fsp3) is 0.435. The van der Waals surface area contributed by atoms with Crippen molar-refractivity contribution in [2.24, 2.45) is 5.92 Å². The lowest BCUT2D eigenvalue weighted by Gasteiger charge is -2.41. The lowest BCUT2D eigenvalue weighted by Crippen LogP contribution is -2.46. The molecule has 2 aromatic heterocycles. The highest BCUT2D eigenvalue weighted by molar-refractivity contribution is 7.13. The van der Waals surface area contributed by atoms with Crippen molar-refractivity contribution in [2.45, 2.75) is 38.5 Å². The van der Waals surface area contributed by atoms with Crippen LogP contribution in [0.5, 0.6) is 0 Å². The highest BCUT2D eigenvalue weighted by atomic mass is 32.1. The predicted molar refractivity (Wildman–Crippen MR) is 119 cm³/mol. The Labute approximate surface area is 181 Å². The number of carbonyl (C=O) groups is 1. The summed E-state index contributed by atoms with van der Waals surface area (Å²) >= 11 is 1.62. The molecule has 0 atom stereocenters. The van der Waals surface area contributed by atoms with Gasteiger partial charge in [0.15, 0.2) is 10.8 Å². The monoisotopic (exact) mass is 424 g/mol. The van der Waals surface area contributed by atoms with Gasteiger partial charge < -0.3 is 14.7 Å². The van der Waals surface area contributed by atoms with E-state index in [-0.39, 0.29) is 11.3 Å². The van der Waals surface area contributed by atoms with E-state index in [0.717, 1.165) is 35.8 Å². The number of hydrogen-bond donors (Lipinski definition) is 1. The third kappa shape index (κ3) is 3.99. The van der Waals surface area contributed by atoms with Gasteiger partial charge in [0.2, 0.25) is 0 Å². The predicted octanol–water partition coefficient (Wildman–Crippen LogP) is 4.59. The molecule has 3 heterocycles. The van der Waals surface area contributed by atoms with Crippen molar-refractivity contribution in [3.63, 3.8) is 0 Å². The van der Waals surface area contributed by atoms with Crippen LogP contribution in [0.15, 0.2) is 46.3 Å². The molecule has 1 fully saturated rings. The number of anilines is 1. The highest BCUT2D eigenvalue weighted by Gasteiger charge is 2.41. The quantitative estimate of drug-likeness (QED) is 0.626. The molecule has 1 saturated heterocycles. The Balaban J connectivity index is 1.55. The van der Waals surface area contributed by atoms with Crippen molar-refractivity contribution in [3.05, 3.63) is 64.5 Å². The zero-order valence-electron chi connectivity index (χ0n) is 17.7. The Hall–Kier alpha value is -2.67. The molecule has 1 amide bonds. The van der Waals surface area contributed by atoms with Crippen molar-refractivity contribution in [1.82, 2.24) is 15.0 Å². The van der Waals surface area contributed by atoms with E-state index in [2.05, 4.69) is 54.0 Å². The van der Waals surface area contributed by atoms with Gasteiger partial charge in [-0.3, -0.25) is 4.79 Å². The van der Waals surface area contributed by atoms with E-state index in [9.17, 15) is 4.79 Å². The van der Waals surface area contributed by atoms with Crippen molar-refractivity contribution in [1.29, 1.82) is 0 Å². The molecule has 7 heteroatoms. The third-order valence-electron chi connectivity index (χ3n) is 5.83. The summed E-state index contributed by atoms with van der Waals surface area (Å²) < 4.78 is 5.37. The van der Waals surface area contributed by atoms with Crippen molar-refractivity contribution >= 4 is 22.4 Å².